The van der Waals surface area contributed by atoms with Crippen molar-refractivity contribution in [3.8, 4) is 0 Å². The van der Waals surface area contributed by atoms with Gasteiger partial charge in [-0.15, -0.1) is 0 Å². The van der Waals surface area contributed by atoms with E-state index in [1.165, 1.54) is 48.5 Å². The van der Waals surface area contributed by atoms with Crippen molar-refractivity contribution in [1.29, 1.82) is 0 Å². The van der Waals surface area contributed by atoms with E-state index in [0.29, 0.717) is 11.4 Å². The summed E-state index contributed by atoms with van der Waals surface area (Å²) in [6.45, 7) is -1.72. The highest BCUT2D eigenvalue weighted by molar-refractivity contribution is 5.97. The molecule has 0 amide bonds. The van der Waals surface area contributed by atoms with E-state index in [-0.39, 0.29) is 24.3 Å². The molecule has 0 spiro atoms. The zero-order valence-electron chi connectivity index (χ0n) is 18.7. The van der Waals surface area contributed by atoms with Crippen molar-refractivity contribution >= 4 is 22.9 Å². The quantitative estimate of drug-likeness (QED) is 0.152. The van der Waals surface area contributed by atoms with Crippen LogP contribution in [0.25, 0.3) is 0 Å². The number of hydrogen-bond acceptors (Lipinski definition) is 11. The zero-order valence-corrected chi connectivity index (χ0v) is 18.7. The maximum absolute atomic E-state index is 13.7. The molecule has 0 saturated carbocycles. The minimum Gasteiger partial charge on any atom is -0.399 e. The molecule has 11 nitrogen and oxygen atoms in total. The van der Waals surface area contributed by atoms with Gasteiger partial charge in [0, 0.05) is 11.4 Å². The SMILES string of the molecule is Nc1ccc(C(OC(C(=O)C(O)CO)(c2ccc(N)cc2)C2CO2)(C(=O)C(O)CO)C2CO2)cc1. The first-order chi connectivity index (χ1) is 16.7. The van der Waals surface area contributed by atoms with Gasteiger partial charge >= 0.3 is 0 Å². The third-order valence-electron chi connectivity index (χ3n) is 6.26. The molecule has 2 aliphatic rings. The molecule has 35 heavy (non-hydrogen) atoms. The number of aliphatic hydroxyl groups excluding tert-OH is 4. The molecule has 0 aromatic heterocycles. The molecule has 188 valence electrons. The Labute approximate surface area is 200 Å². The van der Waals surface area contributed by atoms with Crippen molar-refractivity contribution in [2.24, 2.45) is 0 Å². The van der Waals surface area contributed by atoms with Gasteiger partial charge in [0.15, 0.2) is 11.2 Å². The van der Waals surface area contributed by atoms with Crippen LogP contribution in [0.4, 0.5) is 11.4 Å². The fourth-order valence-corrected chi connectivity index (χ4v) is 4.27. The highest BCUT2D eigenvalue weighted by Crippen LogP contribution is 2.50. The van der Waals surface area contributed by atoms with Crippen molar-refractivity contribution in [2.45, 2.75) is 35.6 Å². The third kappa shape index (κ3) is 4.43. The average Bonchev–Trinajstić information content (AvgIpc) is 3.78. The number of aliphatic hydroxyl groups is 4. The molecule has 2 fully saturated rings. The molecular formula is C24H28N2O9. The van der Waals surface area contributed by atoms with Gasteiger partial charge in [-0.25, -0.2) is 0 Å². The summed E-state index contributed by atoms with van der Waals surface area (Å²) in [5.74, 6) is -1.92. The first-order valence-electron chi connectivity index (χ1n) is 11.0. The van der Waals surface area contributed by atoms with Crippen molar-refractivity contribution in [2.75, 3.05) is 37.9 Å². The first-order valence-corrected chi connectivity index (χ1v) is 11.0. The summed E-state index contributed by atoms with van der Waals surface area (Å²) in [4.78, 5) is 27.4. The Morgan fingerprint density at radius 3 is 1.37 bits per heavy atom. The van der Waals surface area contributed by atoms with Crippen LogP contribution >= 0.6 is 0 Å². The van der Waals surface area contributed by atoms with Crippen LogP contribution in [0.15, 0.2) is 48.5 Å². The molecule has 4 rings (SSSR count). The predicted octanol–water partition coefficient (Wildman–Crippen LogP) is -1.40. The number of ketones is 2. The molecule has 0 bridgehead atoms. The van der Waals surface area contributed by atoms with Crippen molar-refractivity contribution < 1.29 is 44.2 Å². The van der Waals surface area contributed by atoms with E-state index in [1.807, 2.05) is 0 Å². The number of rotatable bonds is 12. The van der Waals surface area contributed by atoms with Gasteiger partial charge in [0.2, 0.25) is 11.6 Å². The number of Topliss-reactive ketones (excluding diaryl/α,β-unsaturated/α-hetero) is 2. The monoisotopic (exact) mass is 488 g/mol. The second kappa shape index (κ2) is 9.63. The molecular weight excluding hydrogens is 460 g/mol. The second-order valence-electron chi connectivity index (χ2n) is 8.59. The largest absolute Gasteiger partial charge is 0.399 e. The van der Waals surface area contributed by atoms with E-state index >= 15 is 0 Å². The van der Waals surface area contributed by atoms with Crippen LogP contribution in [0.5, 0.6) is 0 Å². The molecule has 2 aromatic rings. The molecule has 0 aliphatic carbocycles. The fraction of sp³-hybridized carbons (Fsp3) is 0.417. The van der Waals surface area contributed by atoms with Gasteiger partial charge in [0.05, 0.1) is 26.4 Å². The van der Waals surface area contributed by atoms with Gasteiger partial charge in [-0.05, 0) is 35.4 Å². The summed E-state index contributed by atoms with van der Waals surface area (Å²) < 4.78 is 17.5. The number of ether oxygens (including phenoxy) is 3. The Kier molecular flexibility index (Phi) is 6.93. The minimum absolute atomic E-state index is 0.0500. The third-order valence-corrected chi connectivity index (χ3v) is 6.26. The van der Waals surface area contributed by atoms with Crippen LogP contribution in [0.3, 0.4) is 0 Å². The van der Waals surface area contributed by atoms with E-state index in [1.54, 1.807) is 0 Å². The smallest absolute Gasteiger partial charge is 0.202 e. The van der Waals surface area contributed by atoms with Gasteiger partial charge in [-0.1, -0.05) is 24.3 Å². The fourth-order valence-electron chi connectivity index (χ4n) is 4.27. The number of benzene rings is 2. The van der Waals surface area contributed by atoms with Crippen molar-refractivity contribution in [1.82, 2.24) is 0 Å². The number of nitrogen functional groups attached to an aromatic ring is 2. The summed E-state index contributed by atoms with van der Waals surface area (Å²) in [5, 5.41) is 40.0. The summed E-state index contributed by atoms with van der Waals surface area (Å²) >= 11 is 0. The number of hydrogen-bond donors (Lipinski definition) is 6. The lowest BCUT2D eigenvalue weighted by Crippen LogP contribution is -2.60. The second-order valence-corrected chi connectivity index (χ2v) is 8.59. The van der Waals surface area contributed by atoms with Crippen LogP contribution in [0.2, 0.25) is 0 Å². The van der Waals surface area contributed by atoms with Crippen LogP contribution in [0.1, 0.15) is 11.1 Å². The van der Waals surface area contributed by atoms with Crippen LogP contribution in [0, 0.1) is 0 Å². The van der Waals surface area contributed by atoms with Crippen molar-refractivity contribution in [3.63, 3.8) is 0 Å². The Balaban J connectivity index is 1.97. The number of nitrogens with two attached hydrogens (primary N) is 2. The zero-order chi connectivity index (χ0) is 25.4. The van der Waals surface area contributed by atoms with E-state index in [0.717, 1.165) is 0 Å². The molecule has 2 saturated heterocycles. The van der Waals surface area contributed by atoms with Crippen LogP contribution in [-0.2, 0) is 35.0 Å². The maximum atomic E-state index is 13.7. The molecule has 2 aromatic carbocycles. The van der Waals surface area contributed by atoms with Crippen LogP contribution < -0.4 is 11.5 Å². The maximum Gasteiger partial charge on any atom is 0.202 e. The lowest BCUT2D eigenvalue weighted by molar-refractivity contribution is -0.207. The Morgan fingerprint density at radius 2 is 1.11 bits per heavy atom. The summed E-state index contributed by atoms with van der Waals surface area (Å²) in [6.07, 6.45) is -5.63. The topological polar surface area (TPSA) is 201 Å². The predicted molar refractivity (Wildman–Crippen MR) is 122 cm³/mol. The Hall–Kier alpha value is -2.90. The molecule has 6 unspecified atom stereocenters. The van der Waals surface area contributed by atoms with Gasteiger partial charge in [0.25, 0.3) is 0 Å². The van der Waals surface area contributed by atoms with E-state index < -0.39 is 60.4 Å². The number of anilines is 2. The minimum atomic E-state index is -2.10. The van der Waals surface area contributed by atoms with E-state index in [4.69, 9.17) is 25.7 Å². The molecule has 2 heterocycles. The average molecular weight is 488 g/mol. The van der Waals surface area contributed by atoms with Gasteiger partial charge in [-0.2, -0.15) is 0 Å². The summed E-state index contributed by atoms with van der Waals surface area (Å²) in [5.41, 5.74) is 8.63. The van der Waals surface area contributed by atoms with E-state index in [9.17, 15) is 30.0 Å². The summed E-state index contributed by atoms with van der Waals surface area (Å²) in [7, 11) is 0. The van der Waals surface area contributed by atoms with Gasteiger partial charge in [-0.3, -0.25) is 9.59 Å². The van der Waals surface area contributed by atoms with Crippen molar-refractivity contribution in [3.05, 3.63) is 59.7 Å². The lowest BCUT2D eigenvalue weighted by Gasteiger charge is -2.43. The molecule has 0 radical (unpaired) electrons. The Bertz CT molecular complexity index is 984. The molecule has 2 aliphatic heterocycles. The van der Waals surface area contributed by atoms with Gasteiger partial charge in [0.1, 0.15) is 24.4 Å². The first kappa shape index (κ1) is 25.2. The van der Waals surface area contributed by atoms with E-state index in [2.05, 4.69) is 0 Å². The highest BCUT2D eigenvalue weighted by Gasteiger charge is 2.66. The van der Waals surface area contributed by atoms with Gasteiger partial charge < -0.3 is 46.1 Å². The Morgan fingerprint density at radius 1 is 0.800 bits per heavy atom. The summed E-state index contributed by atoms with van der Waals surface area (Å²) in [6, 6.07) is 12.0. The number of epoxide rings is 2. The molecule has 8 N–H and O–H groups in total. The molecule has 11 heteroatoms. The lowest BCUT2D eigenvalue weighted by atomic mass is 9.78. The highest BCUT2D eigenvalue weighted by atomic mass is 16.7. The molecule has 6 atom stereocenters. The van der Waals surface area contributed by atoms with Crippen LogP contribution in [-0.4, -0.2) is 82.8 Å². The standard InChI is InChI=1S/C24H28N2O9/c25-15-5-1-13(2-6-15)23(19-11-33-19,21(31)17(29)9-27)35-24(20-12-34-20,22(32)18(30)10-28)14-3-7-16(26)8-4-14/h1-8,17-20,27-30H,9-12,25-26H2. The number of carbonyl (C=O) groups is 2. The number of carbonyl (C=O) groups excluding carboxylic acids is 2. The normalized spacial score (nSPS) is 24.0.